The molecule has 1 atom stereocenters. The molecule has 0 aromatic carbocycles. The number of unbranched alkanes of at least 4 members (excludes halogenated alkanes) is 17. The third-order valence-electron chi connectivity index (χ3n) is 8.77. The summed E-state index contributed by atoms with van der Waals surface area (Å²) in [5, 5.41) is 11.1. The Morgan fingerprint density at radius 2 is 1.00 bits per heavy atom. The molecule has 0 radical (unpaired) electrons. The van der Waals surface area contributed by atoms with Gasteiger partial charge in [-0.25, -0.2) is 0 Å². The number of rotatable bonds is 36. The zero-order valence-electron chi connectivity index (χ0n) is 31.8. The lowest BCUT2D eigenvalue weighted by Crippen LogP contribution is -2.28. The van der Waals surface area contributed by atoms with Crippen molar-refractivity contribution in [3.05, 3.63) is 48.6 Å². The van der Waals surface area contributed by atoms with Gasteiger partial charge in [-0.1, -0.05) is 165 Å². The van der Waals surface area contributed by atoms with Crippen LogP contribution in [0.25, 0.3) is 0 Å². The van der Waals surface area contributed by atoms with Gasteiger partial charge in [0.1, 0.15) is 12.6 Å². The van der Waals surface area contributed by atoms with Gasteiger partial charge in [-0.3, -0.25) is 14.4 Å². The molecule has 0 fully saturated rings. The lowest BCUT2D eigenvalue weighted by molar-refractivity contribution is -0.150. The minimum absolute atomic E-state index is 0.0481. The number of amides is 1. The summed E-state index contributed by atoms with van der Waals surface area (Å²) in [4.78, 5) is 34.9. The van der Waals surface area contributed by atoms with E-state index < -0.39 is 5.97 Å². The predicted molar refractivity (Wildman–Crippen MR) is 208 cm³/mol. The van der Waals surface area contributed by atoms with Crippen molar-refractivity contribution in [3.63, 3.8) is 0 Å². The molecule has 0 aromatic heterocycles. The highest BCUT2D eigenvalue weighted by Crippen LogP contribution is 2.17. The number of aliphatic carboxylic acids is 1. The molecule has 6 nitrogen and oxygen atoms in total. The average Bonchev–Trinajstić information content (AvgIpc) is 3.08. The largest absolute Gasteiger partial charge is 0.480 e. The highest BCUT2D eigenvalue weighted by atomic mass is 16.5. The molecule has 0 aliphatic heterocycles. The van der Waals surface area contributed by atoms with Crippen molar-refractivity contribution in [2.45, 2.75) is 200 Å². The molecule has 0 saturated carbocycles. The van der Waals surface area contributed by atoms with Crippen LogP contribution < -0.4 is 5.32 Å². The molecule has 0 heterocycles. The number of nitrogens with one attached hydrogen (secondary N) is 1. The van der Waals surface area contributed by atoms with E-state index in [1.165, 1.54) is 77.0 Å². The first kappa shape index (κ1) is 46.4. The van der Waals surface area contributed by atoms with E-state index in [9.17, 15) is 14.4 Å². The van der Waals surface area contributed by atoms with Crippen LogP contribution in [0, 0.1) is 0 Å². The van der Waals surface area contributed by atoms with Gasteiger partial charge in [0.15, 0.2) is 0 Å². The number of carboxylic acid groups (broad SMARTS) is 1. The number of carboxylic acids is 1. The van der Waals surface area contributed by atoms with E-state index in [-0.39, 0.29) is 24.5 Å². The minimum Gasteiger partial charge on any atom is -0.480 e. The van der Waals surface area contributed by atoms with Crippen LogP contribution in [-0.2, 0) is 19.1 Å². The number of hydrogen-bond donors (Lipinski definition) is 2. The fraction of sp³-hybridized carbons (Fsp3) is 0.744. The van der Waals surface area contributed by atoms with Crippen molar-refractivity contribution in [2.24, 2.45) is 0 Å². The van der Waals surface area contributed by atoms with E-state index >= 15 is 0 Å². The van der Waals surface area contributed by atoms with Crippen LogP contribution in [-0.4, -0.2) is 35.6 Å². The van der Waals surface area contributed by atoms with Crippen LogP contribution in [0.4, 0.5) is 0 Å². The Labute approximate surface area is 301 Å². The maximum atomic E-state index is 12.7. The van der Waals surface area contributed by atoms with Gasteiger partial charge in [0.2, 0.25) is 5.91 Å². The first-order chi connectivity index (χ1) is 24.0. The molecule has 6 heteroatoms. The van der Waals surface area contributed by atoms with Crippen LogP contribution >= 0.6 is 0 Å². The number of carbonyl (C=O) groups is 3. The molecule has 0 bridgehead atoms. The number of esters is 1. The lowest BCUT2D eigenvalue weighted by Gasteiger charge is -2.17. The molecule has 0 aliphatic rings. The number of carbonyl (C=O) groups excluding carboxylic acids is 2. The number of ether oxygens (including phenoxy) is 1. The number of allylic oxidation sites excluding steroid dienone is 8. The highest BCUT2D eigenvalue weighted by Gasteiger charge is 2.14. The molecule has 282 valence electrons. The lowest BCUT2D eigenvalue weighted by atomic mass is 10.0. The van der Waals surface area contributed by atoms with Crippen molar-refractivity contribution >= 4 is 17.8 Å². The maximum Gasteiger partial charge on any atom is 0.322 e. The van der Waals surface area contributed by atoms with Crippen LogP contribution in [0.1, 0.15) is 194 Å². The average molecular weight is 686 g/mol. The Morgan fingerprint density at radius 3 is 1.51 bits per heavy atom. The molecular formula is C43H75NO5. The Hall–Kier alpha value is -2.63. The molecule has 1 amide bonds. The molecule has 0 saturated heterocycles. The minimum atomic E-state index is -1.02. The van der Waals surface area contributed by atoms with Crippen molar-refractivity contribution in [3.8, 4) is 0 Å². The fourth-order valence-corrected chi connectivity index (χ4v) is 5.80. The van der Waals surface area contributed by atoms with E-state index in [1.54, 1.807) is 0 Å². The van der Waals surface area contributed by atoms with Gasteiger partial charge in [0.05, 0.1) is 0 Å². The van der Waals surface area contributed by atoms with E-state index in [4.69, 9.17) is 9.84 Å². The molecule has 49 heavy (non-hydrogen) atoms. The molecular weight excluding hydrogens is 610 g/mol. The van der Waals surface area contributed by atoms with Gasteiger partial charge in [0, 0.05) is 12.8 Å². The standard InChI is InChI=1S/C43H75NO5/c1-3-5-7-9-11-13-15-17-19-21-23-25-30-34-38-43(48)49-40(36-32-28-26-29-33-37-41(45)44-39-42(46)47)35-31-27-24-22-20-18-16-14-12-10-8-6-4-2/h6,8,12,14,18,20,24,27,40H,3-5,7,9-11,13,15-17,19,21-23,25-26,28-39H2,1-2H3,(H,44,45)(H,46,47)/b8-6-,14-12-,20-18-,27-24-. The van der Waals surface area contributed by atoms with Gasteiger partial charge in [-0.2, -0.15) is 0 Å². The van der Waals surface area contributed by atoms with Gasteiger partial charge in [0.25, 0.3) is 0 Å². The van der Waals surface area contributed by atoms with Gasteiger partial charge in [-0.15, -0.1) is 0 Å². The zero-order chi connectivity index (χ0) is 35.9. The van der Waals surface area contributed by atoms with E-state index in [0.717, 1.165) is 89.9 Å². The normalized spacial score (nSPS) is 12.5. The molecule has 0 aromatic rings. The van der Waals surface area contributed by atoms with Crippen LogP contribution in [0.2, 0.25) is 0 Å². The van der Waals surface area contributed by atoms with Crippen molar-refractivity contribution in [1.29, 1.82) is 0 Å². The van der Waals surface area contributed by atoms with Crippen LogP contribution in [0.15, 0.2) is 48.6 Å². The number of hydrogen-bond acceptors (Lipinski definition) is 4. The first-order valence-corrected chi connectivity index (χ1v) is 20.3. The topological polar surface area (TPSA) is 92.7 Å². The maximum absolute atomic E-state index is 12.7. The van der Waals surface area contributed by atoms with Gasteiger partial charge >= 0.3 is 11.9 Å². The van der Waals surface area contributed by atoms with Gasteiger partial charge < -0.3 is 15.2 Å². The Morgan fingerprint density at radius 1 is 0.551 bits per heavy atom. The monoisotopic (exact) mass is 686 g/mol. The molecule has 0 rings (SSSR count). The van der Waals surface area contributed by atoms with Crippen LogP contribution in [0.5, 0.6) is 0 Å². The second-order valence-corrected chi connectivity index (χ2v) is 13.5. The second-order valence-electron chi connectivity index (χ2n) is 13.5. The molecule has 0 aliphatic carbocycles. The van der Waals surface area contributed by atoms with E-state index in [2.05, 4.69) is 67.8 Å². The summed E-state index contributed by atoms with van der Waals surface area (Å²) in [5.41, 5.74) is 0. The third kappa shape index (κ3) is 38.0. The van der Waals surface area contributed by atoms with Crippen molar-refractivity contribution < 1.29 is 24.2 Å². The summed E-state index contributed by atoms with van der Waals surface area (Å²) in [6.45, 7) is 4.10. The zero-order valence-corrected chi connectivity index (χ0v) is 31.8. The summed E-state index contributed by atoms with van der Waals surface area (Å²) >= 11 is 0. The summed E-state index contributed by atoms with van der Waals surface area (Å²) in [6.07, 6.45) is 48.0. The van der Waals surface area contributed by atoms with Crippen molar-refractivity contribution in [2.75, 3.05) is 6.54 Å². The van der Waals surface area contributed by atoms with E-state index in [1.807, 2.05) is 0 Å². The Balaban J connectivity index is 4.29. The Kier molecular flexibility index (Phi) is 36.1. The third-order valence-corrected chi connectivity index (χ3v) is 8.77. The molecule has 1 unspecified atom stereocenters. The predicted octanol–water partition coefficient (Wildman–Crippen LogP) is 12.3. The summed E-state index contributed by atoms with van der Waals surface area (Å²) in [6, 6.07) is 0. The quantitative estimate of drug-likeness (QED) is 0.0389. The smallest absolute Gasteiger partial charge is 0.322 e. The summed E-state index contributed by atoms with van der Waals surface area (Å²) in [5.74, 6) is -1.28. The van der Waals surface area contributed by atoms with Gasteiger partial charge in [-0.05, 0) is 64.2 Å². The first-order valence-electron chi connectivity index (χ1n) is 20.3. The summed E-state index contributed by atoms with van der Waals surface area (Å²) < 4.78 is 5.98. The van der Waals surface area contributed by atoms with Crippen molar-refractivity contribution in [1.82, 2.24) is 5.32 Å². The van der Waals surface area contributed by atoms with Crippen LogP contribution in [0.3, 0.4) is 0 Å². The van der Waals surface area contributed by atoms with E-state index in [0.29, 0.717) is 12.8 Å². The Bertz CT molecular complexity index is 891. The molecule has 0 spiro atoms. The summed E-state index contributed by atoms with van der Waals surface area (Å²) in [7, 11) is 0. The molecule has 2 N–H and O–H groups in total. The highest BCUT2D eigenvalue weighted by molar-refractivity contribution is 5.80. The fourth-order valence-electron chi connectivity index (χ4n) is 5.80. The SMILES string of the molecule is CC/C=C\C/C=C\C/C=C\C/C=C\CCC(CCCCCCCC(=O)NCC(=O)O)OC(=O)CCCCCCCCCCCCCCCC. The second kappa shape index (κ2) is 38.2.